The first-order chi connectivity index (χ1) is 12.3. The smallest absolute Gasteiger partial charge is 0.329 e. The van der Waals surface area contributed by atoms with Gasteiger partial charge in [-0.3, -0.25) is 4.79 Å². The molecule has 0 radical (unpaired) electrons. The van der Waals surface area contributed by atoms with Crippen molar-refractivity contribution in [2.24, 2.45) is 0 Å². The zero-order valence-electron chi connectivity index (χ0n) is 14.8. The van der Waals surface area contributed by atoms with Gasteiger partial charge in [0.1, 0.15) is 5.54 Å². The largest absolute Gasteiger partial charge is 0.480 e. The maximum Gasteiger partial charge on any atom is 0.329 e. The van der Waals surface area contributed by atoms with Crippen LogP contribution in [0.3, 0.4) is 0 Å². The van der Waals surface area contributed by atoms with Gasteiger partial charge in [-0.2, -0.15) is 4.31 Å². The summed E-state index contributed by atoms with van der Waals surface area (Å²) in [5.74, 6) is -1.59. The molecule has 1 saturated carbocycles. The number of piperidine rings is 1. The number of hydrogen-bond acceptors (Lipinski definition) is 4. The van der Waals surface area contributed by atoms with Gasteiger partial charge in [-0.1, -0.05) is 12.5 Å². The number of benzene rings is 1. The molecule has 1 aliphatic heterocycles. The molecular formula is C18H24N2O5S. The Morgan fingerprint density at radius 3 is 2.31 bits per heavy atom. The highest BCUT2D eigenvalue weighted by Crippen LogP contribution is 2.32. The number of amides is 1. The minimum absolute atomic E-state index is 0.0770. The number of carbonyl (C=O) groups excluding carboxylic acids is 1. The first-order valence-corrected chi connectivity index (χ1v) is 10.4. The number of aryl methyl sites for hydroxylation is 1. The van der Waals surface area contributed by atoms with Crippen molar-refractivity contribution in [3.63, 3.8) is 0 Å². The highest BCUT2D eigenvalue weighted by molar-refractivity contribution is 7.89. The molecule has 0 unspecified atom stereocenters. The van der Waals surface area contributed by atoms with Crippen LogP contribution in [0.1, 0.15) is 54.4 Å². The van der Waals surface area contributed by atoms with Crippen molar-refractivity contribution in [1.29, 1.82) is 0 Å². The van der Waals surface area contributed by atoms with Crippen molar-refractivity contribution < 1.29 is 23.1 Å². The fraction of sp³-hybridized carbons (Fsp3) is 0.556. The molecule has 0 bridgehead atoms. The van der Waals surface area contributed by atoms with E-state index in [2.05, 4.69) is 5.32 Å². The lowest BCUT2D eigenvalue weighted by Crippen LogP contribution is -2.59. The molecule has 7 nitrogen and oxygen atoms in total. The van der Waals surface area contributed by atoms with Crippen LogP contribution in [0, 0.1) is 6.92 Å². The van der Waals surface area contributed by atoms with Gasteiger partial charge >= 0.3 is 5.97 Å². The van der Waals surface area contributed by atoms with Gasteiger partial charge in [0.15, 0.2) is 0 Å². The van der Waals surface area contributed by atoms with E-state index in [-0.39, 0.29) is 10.5 Å². The lowest BCUT2D eigenvalue weighted by Gasteiger charge is -2.38. The quantitative estimate of drug-likeness (QED) is 0.812. The Bertz CT molecular complexity index is 824. The molecule has 1 amide bonds. The number of nitrogens with one attached hydrogen (secondary N) is 1. The second-order valence-corrected chi connectivity index (χ2v) is 9.07. The molecule has 0 spiro atoms. The van der Waals surface area contributed by atoms with E-state index in [4.69, 9.17) is 0 Å². The Balaban J connectivity index is 1.88. The molecule has 2 fully saturated rings. The van der Waals surface area contributed by atoms with Gasteiger partial charge in [0, 0.05) is 18.7 Å². The van der Waals surface area contributed by atoms with E-state index < -0.39 is 27.4 Å². The molecule has 1 saturated heterocycles. The number of carboxylic acids is 1. The van der Waals surface area contributed by atoms with E-state index in [1.54, 1.807) is 13.0 Å². The maximum absolute atomic E-state index is 12.8. The average Bonchev–Trinajstić information content (AvgIpc) is 2.58. The standard InChI is InChI=1S/C18H24N2O5S/c1-13-6-7-14(26(24,25)20-10-3-2-4-11-20)12-15(13)16(21)19-18(17(22)23)8-5-9-18/h6-7,12H,2-5,8-11H2,1H3,(H,19,21)(H,22,23). The molecule has 142 valence electrons. The summed E-state index contributed by atoms with van der Waals surface area (Å²) >= 11 is 0. The number of nitrogens with zero attached hydrogens (tertiary/aromatic N) is 1. The Kier molecular flexibility index (Phi) is 5.07. The molecule has 26 heavy (non-hydrogen) atoms. The van der Waals surface area contributed by atoms with E-state index >= 15 is 0 Å². The normalized spacial score (nSPS) is 20.2. The van der Waals surface area contributed by atoms with Crippen molar-refractivity contribution in [3.8, 4) is 0 Å². The van der Waals surface area contributed by atoms with Crippen molar-refractivity contribution in [1.82, 2.24) is 9.62 Å². The summed E-state index contributed by atoms with van der Waals surface area (Å²) < 4.78 is 27.1. The maximum atomic E-state index is 12.8. The second-order valence-electron chi connectivity index (χ2n) is 7.14. The fourth-order valence-electron chi connectivity index (χ4n) is 3.47. The predicted molar refractivity (Wildman–Crippen MR) is 95.5 cm³/mol. The van der Waals surface area contributed by atoms with Gasteiger partial charge < -0.3 is 10.4 Å². The highest BCUT2D eigenvalue weighted by Gasteiger charge is 2.46. The van der Waals surface area contributed by atoms with E-state index in [1.807, 2.05) is 0 Å². The van der Waals surface area contributed by atoms with Crippen LogP contribution in [0.25, 0.3) is 0 Å². The molecule has 1 aromatic carbocycles. The summed E-state index contributed by atoms with van der Waals surface area (Å²) in [7, 11) is -3.65. The first kappa shape index (κ1) is 18.8. The first-order valence-electron chi connectivity index (χ1n) is 8.93. The molecular weight excluding hydrogens is 356 g/mol. The summed E-state index contributed by atoms with van der Waals surface area (Å²) in [4.78, 5) is 24.2. The van der Waals surface area contributed by atoms with Gasteiger partial charge in [-0.25, -0.2) is 13.2 Å². The van der Waals surface area contributed by atoms with E-state index in [0.29, 0.717) is 31.5 Å². The Morgan fingerprint density at radius 2 is 1.77 bits per heavy atom. The zero-order valence-corrected chi connectivity index (χ0v) is 15.6. The second kappa shape index (κ2) is 7.00. The average molecular weight is 380 g/mol. The van der Waals surface area contributed by atoms with Crippen molar-refractivity contribution in [2.45, 2.75) is 55.9 Å². The zero-order chi connectivity index (χ0) is 18.9. The Hall–Kier alpha value is -1.93. The lowest BCUT2D eigenvalue weighted by atomic mass is 9.76. The van der Waals surface area contributed by atoms with Crippen LogP contribution in [-0.2, 0) is 14.8 Å². The number of carbonyl (C=O) groups is 2. The van der Waals surface area contributed by atoms with Crippen LogP contribution in [0.5, 0.6) is 0 Å². The minimum Gasteiger partial charge on any atom is -0.480 e. The van der Waals surface area contributed by atoms with E-state index in [9.17, 15) is 23.1 Å². The molecule has 0 aromatic heterocycles. The number of sulfonamides is 1. The van der Waals surface area contributed by atoms with Crippen LogP contribution in [0.4, 0.5) is 0 Å². The molecule has 0 atom stereocenters. The molecule has 1 heterocycles. The molecule has 2 aliphatic rings. The van der Waals surface area contributed by atoms with Gasteiger partial charge in [0.25, 0.3) is 5.91 Å². The van der Waals surface area contributed by atoms with Crippen molar-refractivity contribution in [3.05, 3.63) is 29.3 Å². The summed E-state index contributed by atoms with van der Waals surface area (Å²) in [5, 5.41) is 12.0. The van der Waals surface area contributed by atoms with Crippen LogP contribution < -0.4 is 5.32 Å². The number of rotatable bonds is 5. The molecule has 8 heteroatoms. The summed E-state index contributed by atoms with van der Waals surface area (Å²) in [5.41, 5.74) is -0.416. The van der Waals surface area contributed by atoms with Crippen LogP contribution in [-0.4, -0.2) is 48.3 Å². The summed E-state index contributed by atoms with van der Waals surface area (Å²) in [6.45, 7) is 2.68. The highest BCUT2D eigenvalue weighted by atomic mass is 32.2. The Morgan fingerprint density at radius 1 is 1.12 bits per heavy atom. The molecule has 1 aromatic rings. The number of carboxylic acid groups (broad SMARTS) is 1. The fourth-order valence-corrected chi connectivity index (χ4v) is 5.01. The number of hydrogen-bond donors (Lipinski definition) is 2. The summed E-state index contributed by atoms with van der Waals surface area (Å²) in [6, 6.07) is 4.47. The minimum atomic E-state index is -3.65. The third kappa shape index (κ3) is 3.35. The number of aliphatic carboxylic acids is 1. The summed E-state index contributed by atoms with van der Waals surface area (Å²) in [6.07, 6.45) is 4.21. The van der Waals surface area contributed by atoms with Crippen molar-refractivity contribution >= 4 is 21.9 Å². The third-order valence-electron chi connectivity index (χ3n) is 5.38. The third-order valence-corrected chi connectivity index (χ3v) is 7.27. The monoisotopic (exact) mass is 380 g/mol. The van der Waals surface area contributed by atoms with Gasteiger partial charge in [0.05, 0.1) is 4.90 Å². The van der Waals surface area contributed by atoms with Gasteiger partial charge in [-0.15, -0.1) is 0 Å². The predicted octanol–water partition coefficient (Wildman–Crippen LogP) is 1.91. The Labute approximate surface area is 153 Å². The van der Waals surface area contributed by atoms with Crippen LogP contribution in [0.2, 0.25) is 0 Å². The topological polar surface area (TPSA) is 104 Å². The van der Waals surface area contributed by atoms with E-state index in [0.717, 1.165) is 25.7 Å². The van der Waals surface area contributed by atoms with Gasteiger partial charge in [0.2, 0.25) is 10.0 Å². The van der Waals surface area contributed by atoms with Crippen LogP contribution in [0.15, 0.2) is 23.1 Å². The SMILES string of the molecule is Cc1ccc(S(=O)(=O)N2CCCCC2)cc1C(=O)NC1(C(=O)O)CCC1. The molecule has 3 rings (SSSR count). The van der Waals surface area contributed by atoms with Crippen LogP contribution >= 0.6 is 0 Å². The van der Waals surface area contributed by atoms with Gasteiger partial charge in [-0.05, 0) is 56.7 Å². The van der Waals surface area contributed by atoms with E-state index in [1.165, 1.54) is 16.4 Å². The lowest BCUT2D eigenvalue weighted by molar-refractivity contribution is -0.148. The molecule has 2 N–H and O–H groups in total. The van der Waals surface area contributed by atoms with Crippen molar-refractivity contribution in [2.75, 3.05) is 13.1 Å². The molecule has 1 aliphatic carbocycles.